The van der Waals surface area contributed by atoms with E-state index in [1.165, 1.54) is 30.6 Å². The van der Waals surface area contributed by atoms with E-state index in [1.54, 1.807) is 0 Å². The second kappa shape index (κ2) is 6.34. The van der Waals surface area contributed by atoms with E-state index in [4.69, 9.17) is 11.6 Å². The first-order valence-electron chi connectivity index (χ1n) is 8.42. The number of carbonyl (C=O) groups excluding carboxylic acids is 1. The highest BCUT2D eigenvalue weighted by molar-refractivity contribution is 7.21. The van der Waals surface area contributed by atoms with E-state index in [0.29, 0.717) is 15.9 Å². The summed E-state index contributed by atoms with van der Waals surface area (Å²) < 4.78 is 1.03. The Morgan fingerprint density at radius 1 is 1.25 bits per heavy atom. The van der Waals surface area contributed by atoms with Gasteiger partial charge in [0.05, 0.1) is 10.4 Å². The Morgan fingerprint density at radius 3 is 2.88 bits per heavy atom. The number of benzene rings is 1. The Bertz CT molecular complexity index is 920. The van der Waals surface area contributed by atoms with Crippen LogP contribution in [-0.2, 0) is 0 Å². The number of hydrogen-bond donors (Lipinski definition) is 1. The van der Waals surface area contributed by atoms with Crippen LogP contribution in [0.3, 0.4) is 0 Å². The number of amides is 1. The van der Waals surface area contributed by atoms with Crippen molar-refractivity contribution in [3.63, 3.8) is 0 Å². The summed E-state index contributed by atoms with van der Waals surface area (Å²) in [7, 11) is 0. The van der Waals surface area contributed by atoms with Crippen molar-refractivity contribution in [2.75, 3.05) is 0 Å². The SMILES string of the molecule is C[C@@H]1CCCC[C@@H]1NC(=O)c1cc2c(Cl)nc3ccccc3c2s1. The molecule has 1 aliphatic rings. The van der Waals surface area contributed by atoms with Gasteiger partial charge in [-0.1, -0.05) is 49.6 Å². The molecule has 1 amide bonds. The third-order valence-electron chi connectivity index (χ3n) is 4.97. The molecule has 2 aromatic heterocycles. The Balaban J connectivity index is 1.70. The number of rotatable bonds is 2. The molecule has 1 aliphatic carbocycles. The molecule has 24 heavy (non-hydrogen) atoms. The molecule has 4 rings (SSSR count). The zero-order valence-electron chi connectivity index (χ0n) is 13.5. The molecule has 0 saturated heterocycles. The molecule has 0 aliphatic heterocycles. The number of nitrogens with one attached hydrogen (secondary N) is 1. The third-order valence-corrected chi connectivity index (χ3v) is 6.43. The molecular weight excluding hydrogens is 340 g/mol. The van der Waals surface area contributed by atoms with Crippen molar-refractivity contribution < 1.29 is 4.79 Å². The van der Waals surface area contributed by atoms with Gasteiger partial charge >= 0.3 is 0 Å². The van der Waals surface area contributed by atoms with Crippen LogP contribution >= 0.6 is 22.9 Å². The van der Waals surface area contributed by atoms with Crippen LogP contribution in [0.5, 0.6) is 0 Å². The fraction of sp³-hybridized carbons (Fsp3) is 0.368. The van der Waals surface area contributed by atoms with E-state index in [0.717, 1.165) is 27.4 Å². The van der Waals surface area contributed by atoms with E-state index in [9.17, 15) is 4.79 Å². The molecule has 0 bridgehead atoms. The Hall–Kier alpha value is -1.65. The van der Waals surface area contributed by atoms with Crippen molar-refractivity contribution in [2.24, 2.45) is 5.92 Å². The molecule has 5 heteroatoms. The molecule has 1 fully saturated rings. The van der Waals surface area contributed by atoms with E-state index >= 15 is 0 Å². The molecule has 3 aromatic rings. The number of pyridine rings is 1. The Labute approximate surface area is 150 Å². The van der Waals surface area contributed by atoms with Crippen molar-refractivity contribution >= 4 is 49.8 Å². The molecule has 3 nitrogen and oxygen atoms in total. The lowest BCUT2D eigenvalue weighted by Gasteiger charge is -2.29. The number of halogens is 1. The maximum absolute atomic E-state index is 12.7. The summed E-state index contributed by atoms with van der Waals surface area (Å²) in [4.78, 5) is 17.9. The maximum atomic E-state index is 12.7. The minimum absolute atomic E-state index is 0.00935. The van der Waals surface area contributed by atoms with Gasteiger partial charge in [-0.3, -0.25) is 4.79 Å². The fourth-order valence-corrected chi connectivity index (χ4v) is 4.95. The molecule has 1 aromatic carbocycles. The highest BCUT2D eigenvalue weighted by Gasteiger charge is 2.24. The van der Waals surface area contributed by atoms with Gasteiger partial charge in [0.25, 0.3) is 5.91 Å². The van der Waals surface area contributed by atoms with E-state index < -0.39 is 0 Å². The average molecular weight is 359 g/mol. The Morgan fingerprint density at radius 2 is 2.04 bits per heavy atom. The van der Waals surface area contributed by atoms with Crippen LogP contribution in [0.1, 0.15) is 42.3 Å². The second-order valence-electron chi connectivity index (χ2n) is 6.61. The normalized spacial score (nSPS) is 21.2. The predicted octanol–water partition coefficient (Wildman–Crippen LogP) is 5.41. The lowest BCUT2D eigenvalue weighted by molar-refractivity contribution is 0.0914. The van der Waals surface area contributed by atoms with Gasteiger partial charge in [0, 0.05) is 21.5 Å². The van der Waals surface area contributed by atoms with Crippen LogP contribution in [-0.4, -0.2) is 16.9 Å². The number of carbonyl (C=O) groups is 1. The minimum Gasteiger partial charge on any atom is -0.348 e. The molecule has 2 atom stereocenters. The van der Waals surface area contributed by atoms with Crippen LogP contribution in [0.15, 0.2) is 30.3 Å². The van der Waals surface area contributed by atoms with Gasteiger partial charge < -0.3 is 5.32 Å². The monoisotopic (exact) mass is 358 g/mol. The van der Waals surface area contributed by atoms with Crippen molar-refractivity contribution in [3.05, 3.63) is 40.4 Å². The third kappa shape index (κ3) is 2.78. The van der Waals surface area contributed by atoms with Crippen molar-refractivity contribution in [1.82, 2.24) is 10.3 Å². The van der Waals surface area contributed by atoms with Gasteiger partial charge in [0.15, 0.2) is 0 Å². The minimum atomic E-state index is 0.00935. The first-order valence-corrected chi connectivity index (χ1v) is 9.61. The van der Waals surface area contributed by atoms with Crippen LogP contribution in [0, 0.1) is 5.92 Å². The molecule has 1 N–H and O–H groups in total. The first kappa shape index (κ1) is 15.9. The van der Waals surface area contributed by atoms with Crippen LogP contribution in [0.4, 0.5) is 0 Å². The summed E-state index contributed by atoms with van der Waals surface area (Å²) in [6.07, 6.45) is 4.73. The number of nitrogens with zero attached hydrogens (tertiary/aromatic N) is 1. The van der Waals surface area contributed by atoms with Gasteiger partial charge in [-0.05, 0) is 30.9 Å². The molecule has 124 valence electrons. The van der Waals surface area contributed by atoms with Crippen LogP contribution in [0.25, 0.3) is 21.0 Å². The van der Waals surface area contributed by atoms with Gasteiger partial charge in [-0.25, -0.2) is 4.98 Å². The summed E-state index contributed by atoms with van der Waals surface area (Å²) in [6, 6.07) is 10.1. The van der Waals surface area contributed by atoms with E-state index in [1.807, 2.05) is 30.3 Å². The number of fused-ring (bicyclic) bond motifs is 3. The van der Waals surface area contributed by atoms with E-state index in [2.05, 4.69) is 17.2 Å². The largest absolute Gasteiger partial charge is 0.348 e. The highest BCUT2D eigenvalue weighted by Crippen LogP contribution is 2.36. The second-order valence-corrected chi connectivity index (χ2v) is 8.03. The smallest absolute Gasteiger partial charge is 0.261 e. The van der Waals surface area contributed by atoms with Crippen molar-refractivity contribution in [2.45, 2.75) is 38.6 Å². The van der Waals surface area contributed by atoms with Gasteiger partial charge in [0.1, 0.15) is 5.15 Å². The average Bonchev–Trinajstić information content (AvgIpc) is 3.03. The van der Waals surface area contributed by atoms with Crippen molar-refractivity contribution in [3.8, 4) is 0 Å². The highest BCUT2D eigenvalue weighted by atomic mass is 35.5. The lowest BCUT2D eigenvalue weighted by atomic mass is 9.86. The van der Waals surface area contributed by atoms with Gasteiger partial charge in [0.2, 0.25) is 0 Å². The number of hydrogen-bond acceptors (Lipinski definition) is 3. The summed E-state index contributed by atoms with van der Waals surface area (Å²) in [5.74, 6) is 0.554. The topological polar surface area (TPSA) is 42.0 Å². The summed E-state index contributed by atoms with van der Waals surface area (Å²) in [6.45, 7) is 2.23. The molecule has 2 heterocycles. The lowest BCUT2D eigenvalue weighted by Crippen LogP contribution is -2.40. The first-order chi connectivity index (χ1) is 11.6. The van der Waals surface area contributed by atoms with Crippen molar-refractivity contribution in [1.29, 1.82) is 0 Å². The fourth-order valence-electron chi connectivity index (χ4n) is 3.56. The van der Waals surface area contributed by atoms with E-state index in [-0.39, 0.29) is 11.9 Å². The quantitative estimate of drug-likeness (QED) is 0.622. The number of para-hydroxylation sites is 1. The summed E-state index contributed by atoms with van der Waals surface area (Å²) >= 11 is 7.84. The molecule has 0 spiro atoms. The zero-order chi connectivity index (χ0) is 16.7. The number of thiophene rings is 1. The Kier molecular flexibility index (Phi) is 4.19. The summed E-state index contributed by atoms with van der Waals surface area (Å²) in [5, 5.41) is 5.60. The zero-order valence-corrected chi connectivity index (χ0v) is 15.1. The van der Waals surface area contributed by atoms with Crippen LogP contribution in [0.2, 0.25) is 5.15 Å². The molecule has 0 radical (unpaired) electrons. The summed E-state index contributed by atoms with van der Waals surface area (Å²) in [5.41, 5.74) is 0.865. The molecular formula is C19H19ClN2OS. The standard InChI is InChI=1S/C19H19ClN2OS/c1-11-6-2-4-8-14(11)22-19(23)16-10-13-17(24-16)12-7-3-5-9-15(12)21-18(13)20/h3,5,7,9-11,14H,2,4,6,8H2,1H3,(H,22,23)/t11-,14+/m1/s1. The number of aromatic nitrogens is 1. The molecule has 1 saturated carbocycles. The van der Waals surface area contributed by atoms with Gasteiger partial charge in [-0.2, -0.15) is 0 Å². The maximum Gasteiger partial charge on any atom is 0.261 e. The molecule has 0 unspecified atom stereocenters. The van der Waals surface area contributed by atoms with Gasteiger partial charge in [-0.15, -0.1) is 11.3 Å². The predicted molar refractivity (Wildman–Crippen MR) is 101 cm³/mol. The van der Waals surface area contributed by atoms with Crippen LogP contribution < -0.4 is 5.32 Å².